The first-order chi connectivity index (χ1) is 18.4. The molecule has 1 N–H and O–H groups in total. The topological polar surface area (TPSA) is 76.1 Å². The Hall–Kier alpha value is -4.55. The zero-order chi connectivity index (χ0) is 26.8. The lowest BCUT2D eigenvalue weighted by atomic mass is 9.95. The van der Waals surface area contributed by atoms with Crippen LogP contribution in [0.4, 0.5) is 5.69 Å². The standard InChI is InChI=1S/C31H24ClNO5/c1-19-11-14-22(15-12-19)33-28(20-7-6-10-24(17-20)38-23-8-4-3-5-9-23)27(30(35)31(33)36)29(34)21-13-16-25(32)26(18-21)37-2/h3-18,28,34H,1-2H3/b29-27-. The molecule has 5 rings (SSSR count). The van der Waals surface area contributed by atoms with Crippen molar-refractivity contribution in [1.82, 2.24) is 0 Å². The van der Waals surface area contributed by atoms with Crippen LogP contribution >= 0.6 is 11.6 Å². The van der Waals surface area contributed by atoms with Gasteiger partial charge in [0.1, 0.15) is 23.0 Å². The Morgan fingerprint density at radius 3 is 2.29 bits per heavy atom. The molecule has 38 heavy (non-hydrogen) atoms. The number of carbonyl (C=O) groups excluding carboxylic acids is 2. The molecule has 7 heteroatoms. The number of carbonyl (C=O) groups is 2. The Labute approximate surface area is 225 Å². The molecule has 4 aromatic rings. The molecule has 0 saturated carbocycles. The Morgan fingerprint density at radius 1 is 0.868 bits per heavy atom. The summed E-state index contributed by atoms with van der Waals surface area (Å²) in [6.07, 6.45) is 0. The van der Waals surface area contributed by atoms with E-state index in [2.05, 4.69) is 0 Å². The Morgan fingerprint density at radius 2 is 1.58 bits per heavy atom. The van der Waals surface area contributed by atoms with Crippen LogP contribution in [0.3, 0.4) is 0 Å². The van der Waals surface area contributed by atoms with Crippen LogP contribution in [-0.4, -0.2) is 23.9 Å². The molecule has 6 nitrogen and oxygen atoms in total. The van der Waals surface area contributed by atoms with Gasteiger partial charge in [-0.3, -0.25) is 14.5 Å². The summed E-state index contributed by atoms with van der Waals surface area (Å²) < 4.78 is 11.3. The number of amides is 1. The van der Waals surface area contributed by atoms with Gasteiger partial charge in [-0.15, -0.1) is 0 Å². The molecule has 1 unspecified atom stereocenters. The molecule has 1 saturated heterocycles. The van der Waals surface area contributed by atoms with Crippen molar-refractivity contribution in [3.8, 4) is 17.2 Å². The highest BCUT2D eigenvalue weighted by Crippen LogP contribution is 2.43. The summed E-state index contributed by atoms with van der Waals surface area (Å²) in [5, 5.41) is 11.8. The van der Waals surface area contributed by atoms with E-state index in [1.165, 1.54) is 18.1 Å². The number of rotatable bonds is 6. The van der Waals surface area contributed by atoms with Gasteiger partial charge in [0.15, 0.2) is 0 Å². The monoisotopic (exact) mass is 525 g/mol. The molecule has 4 aromatic carbocycles. The molecule has 0 spiro atoms. The second-order valence-electron chi connectivity index (χ2n) is 8.84. The molecule has 1 amide bonds. The molecule has 0 aromatic heterocycles. The fourth-order valence-electron chi connectivity index (χ4n) is 4.45. The second kappa shape index (κ2) is 10.4. The summed E-state index contributed by atoms with van der Waals surface area (Å²) in [6.45, 7) is 1.94. The number of halogens is 1. The summed E-state index contributed by atoms with van der Waals surface area (Å²) in [5.74, 6) is -0.362. The van der Waals surface area contributed by atoms with Crippen molar-refractivity contribution < 1.29 is 24.2 Å². The normalized spacial score (nSPS) is 16.5. The molecular formula is C31H24ClNO5. The van der Waals surface area contributed by atoms with Crippen molar-refractivity contribution in [1.29, 1.82) is 0 Å². The van der Waals surface area contributed by atoms with Crippen LogP contribution in [0.1, 0.15) is 22.7 Å². The molecule has 1 heterocycles. The maximum absolute atomic E-state index is 13.5. The van der Waals surface area contributed by atoms with Crippen molar-refractivity contribution in [2.45, 2.75) is 13.0 Å². The van der Waals surface area contributed by atoms with Crippen molar-refractivity contribution >= 4 is 34.7 Å². The van der Waals surface area contributed by atoms with Gasteiger partial charge in [-0.1, -0.05) is 59.6 Å². The van der Waals surface area contributed by atoms with Gasteiger partial charge in [-0.25, -0.2) is 0 Å². The minimum absolute atomic E-state index is 0.0446. The van der Waals surface area contributed by atoms with Crippen LogP contribution in [0.25, 0.3) is 5.76 Å². The summed E-state index contributed by atoms with van der Waals surface area (Å²) in [5.41, 5.74) is 2.39. The predicted molar refractivity (Wildman–Crippen MR) is 147 cm³/mol. The summed E-state index contributed by atoms with van der Waals surface area (Å²) in [6, 6.07) is 27.5. The smallest absolute Gasteiger partial charge is 0.300 e. The van der Waals surface area contributed by atoms with Gasteiger partial charge in [0, 0.05) is 11.3 Å². The van der Waals surface area contributed by atoms with Gasteiger partial charge in [0.2, 0.25) is 0 Å². The van der Waals surface area contributed by atoms with Crippen molar-refractivity contribution in [3.63, 3.8) is 0 Å². The average Bonchev–Trinajstić information content (AvgIpc) is 3.20. The van der Waals surface area contributed by atoms with E-state index >= 15 is 0 Å². The first-order valence-corrected chi connectivity index (χ1v) is 12.3. The van der Waals surface area contributed by atoms with Crippen LogP contribution in [0, 0.1) is 6.92 Å². The molecular weight excluding hydrogens is 502 g/mol. The Bertz CT molecular complexity index is 1550. The number of ketones is 1. The van der Waals surface area contributed by atoms with Crippen LogP contribution in [0.2, 0.25) is 5.02 Å². The van der Waals surface area contributed by atoms with Crippen molar-refractivity contribution in [2.24, 2.45) is 0 Å². The first-order valence-electron chi connectivity index (χ1n) is 11.9. The number of Topliss-reactive ketones (excluding diaryl/α,β-unsaturated/α-hetero) is 1. The molecule has 1 aliphatic rings. The second-order valence-corrected chi connectivity index (χ2v) is 9.25. The number of methoxy groups -OCH3 is 1. The quantitative estimate of drug-likeness (QED) is 0.165. The fraction of sp³-hybridized carbons (Fsp3) is 0.0968. The lowest BCUT2D eigenvalue weighted by Gasteiger charge is -2.26. The van der Waals surface area contributed by atoms with E-state index in [0.29, 0.717) is 39.1 Å². The fourth-order valence-corrected chi connectivity index (χ4v) is 4.65. The number of hydrogen-bond acceptors (Lipinski definition) is 5. The number of anilines is 1. The Kier molecular flexibility index (Phi) is 6.90. The molecule has 1 aliphatic heterocycles. The summed E-state index contributed by atoms with van der Waals surface area (Å²) in [4.78, 5) is 28.3. The zero-order valence-electron chi connectivity index (χ0n) is 20.7. The van der Waals surface area contributed by atoms with Crippen molar-refractivity contribution in [2.75, 3.05) is 12.0 Å². The predicted octanol–water partition coefficient (Wildman–Crippen LogP) is 7.08. The molecule has 1 atom stereocenters. The largest absolute Gasteiger partial charge is 0.507 e. The Balaban J connectivity index is 1.67. The van der Waals surface area contributed by atoms with E-state index in [4.69, 9.17) is 21.1 Å². The van der Waals surface area contributed by atoms with E-state index in [1.54, 1.807) is 48.5 Å². The summed E-state index contributed by atoms with van der Waals surface area (Å²) >= 11 is 6.17. The van der Waals surface area contributed by atoms with Crippen molar-refractivity contribution in [3.05, 3.63) is 124 Å². The van der Waals surface area contributed by atoms with Crippen LogP contribution < -0.4 is 14.4 Å². The van der Waals surface area contributed by atoms with Gasteiger partial charge < -0.3 is 14.6 Å². The maximum Gasteiger partial charge on any atom is 0.300 e. The van der Waals surface area contributed by atoms with E-state index in [1.807, 2.05) is 49.4 Å². The number of nitrogens with zero attached hydrogens (tertiary/aromatic N) is 1. The van der Waals surface area contributed by atoms with Crippen LogP contribution in [0.15, 0.2) is 103 Å². The highest BCUT2D eigenvalue weighted by Gasteiger charge is 2.47. The van der Waals surface area contributed by atoms with E-state index < -0.39 is 17.7 Å². The summed E-state index contributed by atoms with van der Waals surface area (Å²) in [7, 11) is 1.46. The highest BCUT2D eigenvalue weighted by atomic mass is 35.5. The van der Waals surface area contributed by atoms with Gasteiger partial charge in [0.05, 0.1) is 23.7 Å². The number of benzene rings is 4. The third-order valence-electron chi connectivity index (χ3n) is 6.33. The number of para-hydroxylation sites is 1. The highest BCUT2D eigenvalue weighted by molar-refractivity contribution is 6.51. The first kappa shape index (κ1) is 25.1. The number of aliphatic hydroxyl groups excluding tert-OH is 1. The van der Waals surface area contributed by atoms with Crippen LogP contribution in [0.5, 0.6) is 17.2 Å². The molecule has 0 radical (unpaired) electrons. The maximum atomic E-state index is 13.5. The minimum Gasteiger partial charge on any atom is -0.507 e. The average molecular weight is 526 g/mol. The zero-order valence-corrected chi connectivity index (χ0v) is 21.5. The van der Waals surface area contributed by atoms with E-state index in [0.717, 1.165) is 5.56 Å². The lowest BCUT2D eigenvalue weighted by Crippen LogP contribution is -2.29. The molecule has 0 aliphatic carbocycles. The van der Waals surface area contributed by atoms with Crippen LogP contribution in [-0.2, 0) is 9.59 Å². The third-order valence-corrected chi connectivity index (χ3v) is 6.65. The number of ether oxygens (including phenoxy) is 2. The van der Waals surface area contributed by atoms with Gasteiger partial charge in [-0.2, -0.15) is 0 Å². The number of aliphatic hydroxyl groups is 1. The minimum atomic E-state index is -0.904. The molecule has 190 valence electrons. The van der Waals surface area contributed by atoms with E-state index in [9.17, 15) is 14.7 Å². The number of hydrogen-bond donors (Lipinski definition) is 1. The molecule has 0 bridgehead atoms. The van der Waals surface area contributed by atoms with Gasteiger partial charge in [-0.05, 0) is 67.1 Å². The van der Waals surface area contributed by atoms with Gasteiger partial charge >= 0.3 is 0 Å². The molecule has 1 fully saturated rings. The van der Waals surface area contributed by atoms with Gasteiger partial charge in [0.25, 0.3) is 11.7 Å². The lowest BCUT2D eigenvalue weighted by molar-refractivity contribution is -0.132. The van der Waals surface area contributed by atoms with E-state index in [-0.39, 0.29) is 11.3 Å². The SMILES string of the molecule is COc1cc(/C(O)=C2/C(=O)C(=O)N(c3ccc(C)cc3)C2c2cccc(Oc3ccccc3)c2)ccc1Cl. The number of aryl methyl sites for hydroxylation is 1. The third kappa shape index (κ3) is 4.74.